The molecule has 0 aromatic heterocycles. The van der Waals surface area contributed by atoms with Gasteiger partial charge in [0.25, 0.3) is 11.8 Å². The van der Waals surface area contributed by atoms with Crippen molar-refractivity contribution < 1.29 is 19.4 Å². The predicted octanol–water partition coefficient (Wildman–Crippen LogP) is 0.733. The minimum atomic E-state index is 0.0460. The molecule has 1 heterocycles. The molecule has 0 radical (unpaired) electrons. The summed E-state index contributed by atoms with van der Waals surface area (Å²) < 4.78 is 0. The SMILES string of the molecule is CCc1ccccc1NC(=O)C[NH+]1CC[NH+](CC(=O)Nc2ccc(C(C)C)cc2)CC1. The van der Waals surface area contributed by atoms with E-state index in [0.717, 1.165) is 49.5 Å². The van der Waals surface area contributed by atoms with Gasteiger partial charge in [-0.25, -0.2) is 0 Å². The summed E-state index contributed by atoms with van der Waals surface area (Å²) >= 11 is 0. The highest BCUT2D eigenvalue weighted by molar-refractivity contribution is 5.92. The van der Waals surface area contributed by atoms with E-state index in [-0.39, 0.29) is 11.8 Å². The van der Waals surface area contributed by atoms with Gasteiger partial charge < -0.3 is 20.4 Å². The van der Waals surface area contributed by atoms with Crippen molar-refractivity contribution in [2.24, 2.45) is 0 Å². The number of rotatable bonds is 8. The van der Waals surface area contributed by atoms with Crippen LogP contribution in [0.2, 0.25) is 0 Å². The van der Waals surface area contributed by atoms with Crippen LogP contribution in [0.25, 0.3) is 0 Å². The van der Waals surface area contributed by atoms with Gasteiger partial charge in [0.05, 0.1) is 0 Å². The largest absolute Gasteiger partial charge is 0.321 e. The summed E-state index contributed by atoms with van der Waals surface area (Å²) in [5.41, 5.74) is 4.19. The third-order valence-electron chi connectivity index (χ3n) is 6.02. The number of benzene rings is 2. The first-order chi connectivity index (χ1) is 14.9. The Morgan fingerprint density at radius 2 is 1.39 bits per heavy atom. The summed E-state index contributed by atoms with van der Waals surface area (Å²) in [7, 11) is 0. The van der Waals surface area contributed by atoms with E-state index < -0.39 is 0 Å². The quantitative estimate of drug-likeness (QED) is 0.505. The van der Waals surface area contributed by atoms with Crippen molar-refractivity contribution in [1.82, 2.24) is 0 Å². The summed E-state index contributed by atoms with van der Waals surface area (Å²) in [6.45, 7) is 10.9. The molecular weight excluding hydrogens is 388 g/mol. The van der Waals surface area contributed by atoms with Crippen molar-refractivity contribution in [2.75, 3.05) is 49.9 Å². The fourth-order valence-corrected chi connectivity index (χ4v) is 4.07. The Morgan fingerprint density at radius 3 is 1.94 bits per heavy atom. The van der Waals surface area contributed by atoms with Crippen LogP contribution in [-0.4, -0.2) is 51.1 Å². The first kappa shape index (κ1) is 23.0. The maximum atomic E-state index is 12.5. The molecule has 0 unspecified atom stereocenters. The summed E-state index contributed by atoms with van der Waals surface area (Å²) in [6.07, 6.45) is 0.898. The molecular formula is C25H36N4O2+2. The number of aryl methyl sites for hydroxylation is 1. The van der Waals surface area contributed by atoms with Gasteiger partial charge >= 0.3 is 0 Å². The molecule has 0 spiro atoms. The zero-order valence-electron chi connectivity index (χ0n) is 19.0. The molecule has 2 amide bonds. The highest BCUT2D eigenvalue weighted by atomic mass is 16.2. The first-order valence-electron chi connectivity index (χ1n) is 11.4. The van der Waals surface area contributed by atoms with Gasteiger partial charge in [0.2, 0.25) is 0 Å². The van der Waals surface area contributed by atoms with E-state index in [1.54, 1.807) is 0 Å². The van der Waals surface area contributed by atoms with Crippen LogP contribution in [0.3, 0.4) is 0 Å². The monoisotopic (exact) mass is 424 g/mol. The number of amides is 2. The molecule has 1 fully saturated rings. The number of para-hydroxylation sites is 1. The Kier molecular flexibility index (Phi) is 8.20. The van der Waals surface area contributed by atoms with Gasteiger partial charge in [-0.2, -0.15) is 0 Å². The second-order valence-electron chi connectivity index (χ2n) is 8.74. The Morgan fingerprint density at radius 1 is 0.839 bits per heavy atom. The maximum Gasteiger partial charge on any atom is 0.279 e. The molecule has 0 saturated carbocycles. The molecule has 4 N–H and O–H groups in total. The Balaban J connectivity index is 1.40. The number of hydrogen-bond donors (Lipinski definition) is 4. The van der Waals surface area contributed by atoms with Crippen LogP contribution in [0.15, 0.2) is 48.5 Å². The number of anilines is 2. The first-order valence-corrected chi connectivity index (χ1v) is 11.4. The minimum Gasteiger partial charge on any atom is -0.321 e. The third kappa shape index (κ3) is 6.91. The molecule has 1 aliphatic rings. The van der Waals surface area contributed by atoms with Crippen molar-refractivity contribution in [2.45, 2.75) is 33.1 Å². The fraction of sp³-hybridized carbons (Fsp3) is 0.440. The molecule has 0 atom stereocenters. The number of nitrogens with one attached hydrogen (secondary N) is 4. The van der Waals surface area contributed by atoms with Crippen molar-refractivity contribution in [1.29, 1.82) is 0 Å². The van der Waals surface area contributed by atoms with E-state index in [1.807, 2.05) is 36.4 Å². The Hall–Kier alpha value is -2.70. The summed E-state index contributed by atoms with van der Waals surface area (Å²) in [4.78, 5) is 27.4. The molecule has 3 rings (SSSR count). The normalized spacial score (nSPS) is 18.6. The second-order valence-corrected chi connectivity index (χ2v) is 8.74. The predicted molar refractivity (Wildman–Crippen MR) is 125 cm³/mol. The standard InChI is InChI=1S/C25H34N4O2/c1-4-20-7-5-6-8-23(20)27-25(31)18-29-15-13-28(14-16-29)17-24(30)26-22-11-9-21(10-12-22)19(2)3/h5-12,19H,4,13-18H2,1-3H3,(H,26,30)(H,27,31)/p+2. The van der Waals surface area contributed by atoms with Crippen LogP contribution in [-0.2, 0) is 16.0 Å². The molecule has 1 aliphatic heterocycles. The second kappa shape index (κ2) is 11.1. The van der Waals surface area contributed by atoms with Gasteiger partial charge in [0.1, 0.15) is 26.2 Å². The fourth-order valence-electron chi connectivity index (χ4n) is 4.07. The molecule has 0 aliphatic carbocycles. The van der Waals surface area contributed by atoms with Gasteiger partial charge in [-0.15, -0.1) is 0 Å². The summed E-state index contributed by atoms with van der Waals surface area (Å²) in [5.74, 6) is 0.586. The van der Waals surface area contributed by atoms with Crippen LogP contribution in [0, 0.1) is 0 Å². The lowest BCUT2D eigenvalue weighted by Gasteiger charge is -2.29. The number of carbonyl (C=O) groups excluding carboxylic acids is 2. The van der Waals surface area contributed by atoms with Gasteiger partial charge in [-0.1, -0.05) is 51.1 Å². The van der Waals surface area contributed by atoms with E-state index in [2.05, 4.69) is 43.5 Å². The molecule has 2 aromatic carbocycles. The van der Waals surface area contributed by atoms with Gasteiger partial charge in [0, 0.05) is 11.4 Å². The van der Waals surface area contributed by atoms with Gasteiger partial charge in [-0.3, -0.25) is 9.59 Å². The summed E-state index contributed by atoms with van der Waals surface area (Å²) in [5, 5.41) is 6.07. The third-order valence-corrected chi connectivity index (χ3v) is 6.02. The average molecular weight is 425 g/mol. The highest BCUT2D eigenvalue weighted by Gasteiger charge is 2.26. The summed E-state index contributed by atoms with van der Waals surface area (Å²) in [6, 6.07) is 16.0. The lowest BCUT2D eigenvalue weighted by molar-refractivity contribution is -1.00. The smallest absolute Gasteiger partial charge is 0.279 e. The molecule has 0 bridgehead atoms. The average Bonchev–Trinajstić information content (AvgIpc) is 2.76. The zero-order chi connectivity index (χ0) is 22.2. The van der Waals surface area contributed by atoms with Crippen molar-refractivity contribution in [3.63, 3.8) is 0 Å². The maximum absolute atomic E-state index is 12.5. The molecule has 31 heavy (non-hydrogen) atoms. The number of carbonyl (C=O) groups is 2. The van der Waals surface area contributed by atoms with Crippen LogP contribution in [0.5, 0.6) is 0 Å². The lowest BCUT2D eigenvalue weighted by atomic mass is 10.0. The van der Waals surface area contributed by atoms with Crippen molar-refractivity contribution >= 4 is 23.2 Å². The molecule has 166 valence electrons. The van der Waals surface area contributed by atoms with E-state index in [4.69, 9.17) is 0 Å². The molecule has 6 heteroatoms. The highest BCUT2D eigenvalue weighted by Crippen LogP contribution is 2.17. The Bertz CT molecular complexity index is 871. The lowest BCUT2D eigenvalue weighted by Crippen LogP contribution is -3.28. The van der Waals surface area contributed by atoms with E-state index >= 15 is 0 Å². The van der Waals surface area contributed by atoms with Crippen LogP contribution < -0.4 is 20.4 Å². The van der Waals surface area contributed by atoms with Crippen LogP contribution in [0.1, 0.15) is 37.8 Å². The van der Waals surface area contributed by atoms with Crippen molar-refractivity contribution in [3.05, 3.63) is 59.7 Å². The number of piperazine rings is 1. The van der Waals surface area contributed by atoms with Crippen LogP contribution in [0.4, 0.5) is 11.4 Å². The van der Waals surface area contributed by atoms with Gasteiger partial charge in [-0.05, 0) is 41.7 Å². The Labute approximate surface area is 185 Å². The molecule has 6 nitrogen and oxygen atoms in total. The van der Waals surface area contributed by atoms with E-state index in [1.165, 1.54) is 15.4 Å². The number of quaternary nitrogens is 2. The van der Waals surface area contributed by atoms with Gasteiger partial charge in [0.15, 0.2) is 13.1 Å². The topological polar surface area (TPSA) is 67.1 Å². The van der Waals surface area contributed by atoms with Crippen LogP contribution >= 0.6 is 0 Å². The minimum absolute atomic E-state index is 0.0460. The van der Waals surface area contributed by atoms with E-state index in [9.17, 15) is 9.59 Å². The number of hydrogen-bond acceptors (Lipinski definition) is 2. The van der Waals surface area contributed by atoms with Crippen molar-refractivity contribution in [3.8, 4) is 0 Å². The molecule has 2 aromatic rings. The van der Waals surface area contributed by atoms with E-state index in [0.29, 0.717) is 19.0 Å². The zero-order valence-corrected chi connectivity index (χ0v) is 19.0. The molecule has 1 saturated heterocycles.